The minimum atomic E-state index is -4.39. The first-order valence-corrected chi connectivity index (χ1v) is 4.41. The van der Waals surface area contributed by atoms with Crippen LogP contribution >= 0.6 is 7.82 Å². The number of phosphoric acid groups is 1. The molecule has 13 heavy (non-hydrogen) atoms. The Morgan fingerprint density at radius 2 is 1.54 bits per heavy atom. The van der Waals surface area contributed by atoms with Gasteiger partial charge in [0, 0.05) is 0 Å². The summed E-state index contributed by atoms with van der Waals surface area (Å²) < 4.78 is 14.5. The molecule has 0 aromatic heterocycles. The van der Waals surface area contributed by atoms with Crippen LogP contribution in [0.5, 0.6) is 5.75 Å². The molecule has 0 aliphatic heterocycles. The van der Waals surface area contributed by atoms with Gasteiger partial charge in [-0.3, -0.25) is 9.79 Å². The van der Waals surface area contributed by atoms with Gasteiger partial charge in [-0.25, -0.2) is 4.57 Å². The maximum Gasteiger partial charge on any atom is 0.524 e. The lowest BCUT2D eigenvalue weighted by Gasteiger charge is -2.04. The second-order valence-electron chi connectivity index (χ2n) is 1.89. The van der Waals surface area contributed by atoms with E-state index in [4.69, 9.17) is 9.79 Å². The number of phosphoric ester groups is 1. The minimum Gasteiger partial charge on any atom is -0.404 e. The Hall–Kier alpha value is -0.910. The predicted molar refractivity (Wildman–Crippen MR) is 49.2 cm³/mol. The SMILES string of the molecule is N.N.O=P(O)(O)Oc1ccccc1. The molecule has 8 N–H and O–H groups in total. The van der Waals surface area contributed by atoms with E-state index in [0.29, 0.717) is 0 Å². The third kappa shape index (κ3) is 6.27. The number of rotatable bonds is 2. The molecule has 76 valence electrons. The zero-order valence-corrected chi connectivity index (χ0v) is 7.85. The molecular weight excluding hydrogens is 195 g/mol. The molecule has 0 aliphatic carbocycles. The Balaban J connectivity index is 0. The molecule has 0 saturated carbocycles. The van der Waals surface area contributed by atoms with Gasteiger partial charge in [0.05, 0.1) is 0 Å². The molecule has 0 spiro atoms. The van der Waals surface area contributed by atoms with Crippen molar-refractivity contribution in [3.63, 3.8) is 0 Å². The average molecular weight is 208 g/mol. The summed E-state index contributed by atoms with van der Waals surface area (Å²) in [7, 11) is -4.39. The molecular formula is C6H13N2O4P. The van der Waals surface area contributed by atoms with Crippen molar-refractivity contribution in [2.45, 2.75) is 0 Å². The Kier molecular flexibility index (Phi) is 6.39. The Labute approximate surface area is 76.0 Å². The second kappa shape index (κ2) is 5.69. The van der Waals surface area contributed by atoms with E-state index >= 15 is 0 Å². The zero-order valence-electron chi connectivity index (χ0n) is 6.96. The maximum atomic E-state index is 10.3. The minimum absolute atomic E-state index is 0. The van der Waals surface area contributed by atoms with E-state index in [0.717, 1.165) is 0 Å². The van der Waals surface area contributed by atoms with Crippen LogP contribution in [0.3, 0.4) is 0 Å². The van der Waals surface area contributed by atoms with Crippen molar-refractivity contribution in [3.05, 3.63) is 30.3 Å². The molecule has 1 rings (SSSR count). The van der Waals surface area contributed by atoms with E-state index in [1.807, 2.05) is 0 Å². The quantitative estimate of drug-likeness (QED) is 0.543. The highest BCUT2D eigenvalue weighted by atomic mass is 31.2. The molecule has 7 heteroatoms. The van der Waals surface area contributed by atoms with Crippen LogP contribution in [0.25, 0.3) is 0 Å². The van der Waals surface area contributed by atoms with E-state index in [1.165, 1.54) is 12.1 Å². The summed E-state index contributed by atoms with van der Waals surface area (Å²) in [6.45, 7) is 0. The highest BCUT2D eigenvalue weighted by molar-refractivity contribution is 7.46. The van der Waals surface area contributed by atoms with E-state index in [9.17, 15) is 4.57 Å². The van der Waals surface area contributed by atoms with Crippen molar-refractivity contribution >= 4 is 7.82 Å². The van der Waals surface area contributed by atoms with Crippen LogP contribution in [-0.2, 0) is 4.57 Å². The third-order valence-corrected chi connectivity index (χ3v) is 1.42. The standard InChI is InChI=1S/C6H7O4P.2H3N/c7-11(8,9)10-6-4-2-1-3-5-6;;/h1-5H,(H2,7,8,9);2*1H3. The zero-order chi connectivity index (χ0) is 8.32. The van der Waals surface area contributed by atoms with Crippen LogP contribution in [-0.4, -0.2) is 9.79 Å². The molecule has 0 unspecified atom stereocenters. The lowest BCUT2D eigenvalue weighted by Crippen LogP contribution is -1.88. The van der Waals surface area contributed by atoms with E-state index < -0.39 is 7.82 Å². The van der Waals surface area contributed by atoms with E-state index in [2.05, 4.69) is 4.52 Å². The number of hydrogen-bond donors (Lipinski definition) is 4. The summed E-state index contributed by atoms with van der Waals surface area (Å²) in [5, 5.41) is 0. The van der Waals surface area contributed by atoms with Crippen LogP contribution in [0.4, 0.5) is 0 Å². The van der Waals surface area contributed by atoms with Crippen molar-refractivity contribution in [2.75, 3.05) is 0 Å². The summed E-state index contributed by atoms with van der Waals surface area (Å²) >= 11 is 0. The van der Waals surface area contributed by atoms with Gasteiger partial charge in [-0.15, -0.1) is 0 Å². The van der Waals surface area contributed by atoms with Crippen LogP contribution in [0.2, 0.25) is 0 Å². The van der Waals surface area contributed by atoms with Crippen molar-refractivity contribution < 1.29 is 18.9 Å². The molecule has 0 radical (unpaired) electrons. The molecule has 6 nitrogen and oxygen atoms in total. The van der Waals surface area contributed by atoms with Gasteiger partial charge in [0.1, 0.15) is 5.75 Å². The third-order valence-electron chi connectivity index (χ3n) is 0.968. The van der Waals surface area contributed by atoms with Gasteiger partial charge in [0.15, 0.2) is 0 Å². The molecule has 0 fully saturated rings. The van der Waals surface area contributed by atoms with Gasteiger partial charge in [-0.1, -0.05) is 18.2 Å². The molecule has 0 bridgehead atoms. The van der Waals surface area contributed by atoms with E-state index in [-0.39, 0.29) is 18.1 Å². The lowest BCUT2D eigenvalue weighted by atomic mass is 10.3. The van der Waals surface area contributed by atoms with Gasteiger partial charge in [0.2, 0.25) is 0 Å². The number of benzene rings is 1. The van der Waals surface area contributed by atoms with Crippen LogP contribution < -0.4 is 16.8 Å². The Morgan fingerprint density at radius 1 is 1.08 bits per heavy atom. The van der Waals surface area contributed by atoms with Crippen molar-refractivity contribution in [2.24, 2.45) is 0 Å². The normalized spacial score (nSPS) is 9.38. The number of para-hydroxylation sites is 1. The predicted octanol–water partition coefficient (Wildman–Crippen LogP) is 1.48. The van der Waals surface area contributed by atoms with Gasteiger partial charge < -0.3 is 16.8 Å². The first-order chi connectivity index (χ1) is 5.08. The molecule has 0 heterocycles. The van der Waals surface area contributed by atoms with E-state index in [1.54, 1.807) is 18.2 Å². The van der Waals surface area contributed by atoms with Crippen molar-refractivity contribution in [3.8, 4) is 5.75 Å². The fourth-order valence-corrected chi connectivity index (χ4v) is 1.02. The van der Waals surface area contributed by atoms with Gasteiger partial charge in [-0.05, 0) is 12.1 Å². The molecule has 0 saturated heterocycles. The van der Waals surface area contributed by atoms with Crippen molar-refractivity contribution in [1.82, 2.24) is 12.3 Å². The fraction of sp³-hybridized carbons (Fsp3) is 0. The molecule has 0 aliphatic rings. The molecule has 0 atom stereocenters. The van der Waals surface area contributed by atoms with Crippen molar-refractivity contribution in [1.29, 1.82) is 0 Å². The monoisotopic (exact) mass is 208 g/mol. The average Bonchev–Trinajstić information content (AvgIpc) is 1.85. The maximum absolute atomic E-state index is 10.3. The second-order valence-corrected chi connectivity index (χ2v) is 3.06. The Bertz CT molecular complexity index is 273. The summed E-state index contributed by atoms with van der Waals surface area (Å²) in [5.41, 5.74) is 0. The van der Waals surface area contributed by atoms with Gasteiger partial charge >= 0.3 is 7.82 Å². The largest absolute Gasteiger partial charge is 0.524 e. The first-order valence-electron chi connectivity index (χ1n) is 2.88. The number of hydrogen-bond acceptors (Lipinski definition) is 4. The summed E-state index contributed by atoms with van der Waals surface area (Å²) in [5.74, 6) is 0.167. The van der Waals surface area contributed by atoms with Crippen LogP contribution in [0, 0.1) is 0 Å². The van der Waals surface area contributed by atoms with Gasteiger partial charge in [0.25, 0.3) is 0 Å². The van der Waals surface area contributed by atoms with Crippen LogP contribution in [0.1, 0.15) is 0 Å². The smallest absolute Gasteiger partial charge is 0.404 e. The summed E-state index contributed by atoms with van der Waals surface area (Å²) in [6, 6.07) is 7.93. The topological polar surface area (TPSA) is 137 Å². The highest BCUT2D eigenvalue weighted by Crippen LogP contribution is 2.36. The summed E-state index contributed by atoms with van der Waals surface area (Å²) in [4.78, 5) is 16.7. The molecule has 1 aromatic carbocycles. The van der Waals surface area contributed by atoms with Crippen LogP contribution in [0.15, 0.2) is 30.3 Å². The van der Waals surface area contributed by atoms with Gasteiger partial charge in [-0.2, -0.15) is 0 Å². The summed E-state index contributed by atoms with van der Waals surface area (Å²) in [6.07, 6.45) is 0. The highest BCUT2D eigenvalue weighted by Gasteiger charge is 2.14. The molecule has 0 amide bonds. The Morgan fingerprint density at radius 3 is 1.92 bits per heavy atom. The molecule has 1 aromatic rings. The first kappa shape index (κ1) is 14.6. The fourth-order valence-electron chi connectivity index (χ4n) is 0.619. The lowest BCUT2D eigenvalue weighted by molar-refractivity contribution is 0.283.